The van der Waals surface area contributed by atoms with E-state index in [1.165, 1.54) is 0 Å². The van der Waals surface area contributed by atoms with Crippen LogP contribution in [0.2, 0.25) is 0 Å². The summed E-state index contributed by atoms with van der Waals surface area (Å²) in [5, 5.41) is 0. The standard InChI is InChI=1S/C8H15O4/c1-3-5-10-6-7-12-8(9)11-4-2/h2-7H2,1H3. The fourth-order valence-corrected chi connectivity index (χ4v) is 0.555. The molecular weight excluding hydrogens is 160 g/mol. The molecule has 0 unspecified atom stereocenters. The summed E-state index contributed by atoms with van der Waals surface area (Å²) in [6.45, 7) is 6.77. The molecule has 4 heteroatoms. The van der Waals surface area contributed by atoms with Gasteiger partial charge in [-0.05, 0) is 13.3 Å². The lowest BCUT2D eigenvalue weighted by Gasteiger charge is -2.04. The number of carbonyl (C=O) groups excluding carboxylic acids is 1. The van der Waals surface area contributed by atoms with Gasteiger partial charge < -0.3 is 14.2 Å². The highest BCUT2D eigenvalue weighted by atomic mass is 16.7. The van der Waals surface area contributed by atoms with E-state index in [0.29, 0.717) is 13.2 Å². The van der Waals surface area contributed by atoms with Crippen molar-refractivity contribution in [2.24, 2.45) is 0 Å². The van der Waals surface area contributed by atoms with Gasteiger partial charge in [0.1, 0.15) is 6.61 Å². The van der Waals surface area contributed by atoms with Gasteiger partial charge in [0.15, 0.2) is 0 Å². The molecule has 0 heterocycles. The average molecular weight is 175 g/mol. The fourth-order valence-electron chi connectivity index (χ4n) is 0.555. The third-order valence-electron chi connectivity index (χ3n) is 1.02. The Kier molecular flexibility index (Phi) is 7.79. The molecule has 0 aromatic rings. The summed E-state index contributed by atoms with van der Waals surface area (Å²) in [6, 6.07) is 0. The highest BCUT2D eigenvalue weighted by molar-refractivity contribution is 5.59. The van der Waals surface area contributed by atoms with Crippen molar-refractivity contribution in [2.75, 3.05) is 26.4 Å². The monoisotopic (exact) mass is 175 g/mol. The largest absolute Gasteiger partial charge is 0.508 e. The molecule has 0 saturated heterocycles. The van der Waals surface area contributed by atoms with Gasteiger partial charge in [-0.3, -0.25) is 0 Å². The van der Waals surface area contributed by atoms with Crippen molar-refractivity contribution < 1.29 is 19.0 Å². The lowest BCUT2D eigenvalue weighted by Crippen LogP contribution is -2.12. The molecular formula is C8H15O4. The van der Waals surface area contributed by atoms with E-state index in [1.54, 1.807) is 0 Å². The van der Waals surface area contributed by atoms with Crippen LogP contribution in [0, 0.1) is 6.92 Å². The maximum Gasteiger partial charge on any atom is 0.508 e. The summed E-state index contributed by atoms with van der Waals surface area (Å²) in [5.41, 5.74) is 0. The first-order chi connectivity index (χ1) is 5.81. The van der Waals surface area contributed by atoms with Gasteiger partial charge in [0.05, 0.1) is 13.2 Å². The Balaban J connectivity index is 3.03. The van der Waals surface area contributed by atoms with Crippen LogP contribution < -0.4 is 0 Å². The first-order valence-electron chi connectivity index (χ1n) is 3.97. The molecule has 0 aromatic carbocycles. The van der Waals surface area contributed by atoms with E-state index in [1.807, 2.05) is 6.92 Å². The van der Waals surface area contributed by atoms with Crippen molar-refractivity contribution in [3.05, 3.63) is 6.92 Å². The SMILES string of the molecule is [CH2]COC(=O)OCCOCCC. The zero-order chi connectivity index (χ0) is 9.23. The van der Waals surface area contributed by atoms with Crippen LogP contribution in [0.3, 0.4) is 0 Å². The van der Waals surface area contributed by atoms with Gasteiger partial charge in [0.2, 0.25) is 0 Å². The first kappa shape index (κ1) is 11.2. The number of hydrogen-bond donors (Lipinski definition) is 0. The van der Waals surface area contributed by atoms with Gasteiger partial charge in [-0.15, -0.1) is 0 Å². The van der Waals surface area contributed by atoms with Crippen LogP contribution in [0.5, 0.6) is 0 Å². The molecule has 1 radical (unpaired) electrons. The Morgan fingerprint density at radius 3 is 2.58 bits per heavy atom. The minimum absolute atomic E-state index is 0.0919. The molecule has 0 saturated carbocycles. The minimum Gasteiger partial charge on any atom is -0.434 e. The molecule has 12 heavy (non-hydrogen) atoms. The Morgan fingerprint density at radius 2 is 2.00 bits per heavy atom. The Labute approximate surface area is 72.8 Å². The fraction of sp³-hybridized carbons (Fsp3) is 0.750. The maximum atomic E-state index is 10.5. The molecule has 0 bridgehead atoms. The number of rotatable bonds is 6. The zero-order valence-electron chi connectivity index (χ0n) is 7.38. The average Bonchev–Trinajstić information content (AvgIpc) is 2.05. The van der Waals surface area contributed by atoms with Crippen LogP contribution >= 0.6 is 0 Å². The van der Waals surface area contributed by atoms with Gasteiger partial charge in [-0.2, -0.15) is 0 Å². The Hall–Kier alpha value is -0.770. The second-order valence-electron chi connectivity index (χ2n) is 2.06. The molecule has 0 rings (SSSR count). The summed E-state index contributed by atoms with van der Waals surface area (Å²) >= 11 is 0. The van der Waals surface area contributed by atoms with Gasteiger partial charge >= 0.3 is 6.16 Å². The molecule has 0 N–H and O–H groups in total. The van der Waals surface area contributed by atoms with Crippen LogP contribution in [0.1, 0.15) is 13.3 Å². The first-order valence-corrected chi connectivity index (χ1v) is 3.97. The zero-order valence-corrected chi connectivity index (χ0v) is 7.38. The third-order valence-corrected chi connectivity index (χ3v) is 1.02. The summed E-state index contributed by atoms with van der Waals surface area (Å²) in [6.07, 6.45) is 0.272. The summed E-state index contributed by atoms with van der Waals surface area (Å²) in [4.78, 5) is 10.5. The second kappa shape index (κ2) is 8.33. The number of ether oxygens (including phenoxy) is 3. The normalized spacial score (nSPS) is 9.50. The molecule has 71 valence electrons. The van der Waals surface area contributed by atoms with Gasteiger partial charge in [0, 0.05) is 6.61 Å². The van der Waals surface area contributed by atoms with E-state index >= 15 is 0 Å². The van der Waals surface area contributed by atoms with E-state index in [-0.39, 0.29) is 13.2 Å². The van der Waals surface area contributed by atoms with Crippen LogP contribution in [0.25, 0.3) is 0 Å². The molecule has 4 nitrogen and oxygen atoms in total. The molecule has 0 spiro atoms. The molecule has 0 aliphatic rings. The molecule has 0 atom stereocenters. The predicted octanol–water partition coefficient (Wildman–Crippen LogP) is 1.40. The number of carbonyl (C=O) groups is 1. The lowest BCUT2D eigenvalue weighted by atomic mass is 10.5. The van der Waals surface area contributed by atoms with Crippen molar-refractivity contribution in [2.45, 2.75) is 13.3 Å². The van der Waals surface area contributed by atoms with Crippen molar-refractivity contribution in [3.63, 3.8) is 0 Å². The van der Waals surface area contributed by atoms with E-state index in [2.05, 4.69) is 16.4 Å². The van der Waals surface area contributed by atoms with Crippen LogP contribution in [-0.4, -0.2) is 32.6 Å². The topological polar surface area (TPSA) is 44.8 Å². The highest BCUT2D eigenvalue weighted by Crippen LogP contribution is 1.86. The Morgan fingerprint density at radius 1 is 1.25 bits per heavy atom. The summed E-state index contributed by atoms with van der Waals surface area (Å²) < 4.78 is 14.1. The summed E-state index contributed by atoms with van der Waals surface area (Å²) in [7, 11) is 0. The van der Waals surface area contributed by atoms with E-state index in [4.69, 9.17) is 4.74 Å². The smallest absolute Gasteiger partial charge is 0.434 e. The molecule has 0 amide bonds. The van der Waals surface area contributed by atoms with Crippen molar-refractivity contribution >= 4 is 6.16 Å². The quantitative estimate of drug-likeness (QED) is 0.452. The van der Waals surface area contributed by atoms with Crippen LogP contribution in [0.15, 0.2) is 0 Å². The molecule has 0 aliphatic heterocycles. The Bertz CT molecular complexity index is 114. The third kappa shape index (κ3) is 7.34. The van der Waals surface area contributed by atoms with Gasteiger partial charge in [-0.1, -0.05) is 6.92 Å². The van der Waals surface area contributed by atoms with E-state index in [0.717, 1.165) is 6.42 Å². The predicted molar refractivity (Wildman–Crippen MR) is 43.8 cm³/mol. The van der Waals surface area contributed by atoms with E-state index < -0.39 is 6.16 Å². The molecule has 0 aromatic heterocycles. The van der Waals surface area contributed by atoms with Gasteiger partial charge in [0.25, 0.3) is 0 Å². The van der Waals surface area contributed by atoms with Crippen molar-refractivity contribution in [1.29, 1.82) is 0 Å². The highest BCUT2D eigenvalue weighted by Gasteiger charge is 1.99. The maximum absolute atomic E-state index is 10.5. The second-order valence-corrected chi connectivity index (χ2v) is 2.06. The number of hydrogen-bond acceptors (Lipinski definition) is 4. The molecule has 0 fully saturated rings. The summed E-state index contributed by atoms with van der Waals surface area (Å²) in [5.74, 6) is 0. The van der Waals surface area contributed by atoms with E-state index in [9.17, 15) is 4.79 Å². The van der Waals surface area contributed by atoms with Gasteiger partial charge in [-0.25, -0.2) is 4.79 Å². The van der Waals surface area contributed by atoms with Crippen LogP contribution in [-0.2, 0) is 14.2 Å². The molecule has 0 aliphatic carbocycles. The lowest BCUT2D eigenvalue weighted by molar-refractivity contribution is 0.0319. The van der Waals surface area contributed by atoms with Crippen LogP contribution in [0.4, 0.5) is 4.79 Å². The van der Waals surface area contributed by atoms with Crippen molar-refractivity contribution in [1.82, 2.24) is 0 Å². The van der Waals surface area contributed by atoms with Crippen molar-refractivity contribution in [3.8, 4) is 0 Å². The minimum atomic E-state index is -0.690.